The van der Waals surface area contributed by atoms with Crippen molar-refractivity contribution in [2.45, 2.75) is 22.3 Å². The zero-order valence-corrected chi connectivity index (χ0v) is 26.0. The molecule has 0 aliphatic carbocycles. The van der Waals surface area contributed by atoms with Crippen molar-refractivity contribution in [1.82, 2.24) is 24.5 Å². The Morgan fingerprint density at radius 2 is 1.42 bits per heavy atom. The summed E-state index contributed by atoms with van der Waals surface area (Å²) in [6.45, 7) is 2.30. The second kappa shape index (κ2) is 12.7. The van der Waals surface area contributed by atoms with E-state index in [-0.39, 0.29) is 27.9 Å². The van der Waals surface area contributed by atoms with Gasteiger partial charge >= 0.3 is 0 Å². The summed E-state index contributed by atoms with van der Waals surface area (Å²) in [5.41, 5.74) is 0.619. The molecule has 2 unspecified atom stereocenters. The minimum absolute atomic E-state index is 0.0166. The fourth-order valence-electron chi connectivity index (χ4n) is 5.40. The van der Waals surface area contributed by atoms with Crippen molar-refractivity contribution in [3.05, 3.63) is 103 Å². The first-order chi connectivity index (χ1) is 21.6. The van der Waals surface area contributed by atoms with Crippen LogP contribution >= 0.6 is 0 Å². The van der Waals surface area contributed by atoms with Gasteiger partial charge in [-0.1, -0.05) is 44.8 Å². The fourth-order valence-corrected chi connectivity index (χ4v) is 7.98. The van der Waals surface area contributed by atoms with E-state index in [1.807, 2.05) is 7.05 Å². The van der Waals surface area contributed by atoms with Crippen LogP contribution in [0, 0.1) is 0 Å². The summed E-state index contributed by atoms with van der Waals surface area (Å²) < 4.78 is 61.9. The quantitative estimate of drug-likeness (QED) is 0.237. The number of nitrogens with one attached hydrogen (secondary N) is 1. The Morgan fingerprint density at radius 1 is 0.844 bits per heavy atom. The molecule has 1 aliphatic rings. The Balaban J connectivity index is 1.25. The van der Waals surface area contributed by atoms with E-state index >= 15 is 0 Å². The van der Waals surface area contributed by atoms with Crippen LogP contribution in [0.3, 0.4) is 0 Å². The van der Waals surface area contributed by atoms with Gasteiger partial charge in [0.1, 0.15) is 6.04 Å². The number of carbonyl (C=O) groups is 1. The van der Waals surface area contributed by atoms with Crippen molar-refractivity contribution in [1.29, 1.82) is 0 Å². The highest BCUT2D eigenvalue weighted by molar-refractivity contribution is 7.96. The van der Waals surface area contributed by atoms with Crippen LogP contribution in [0.25, 0.3) is 21.5 Å². The second-order valence-electron chi connectivity index (χ2n) is 10.9. The minimum atomic E-state index is -4.17. The lowest BCUT2D eigenvalue weighted by molar-refractivity contribution is -0.134. The van der Waals surface area contributed by atoms with E-state index in [9.17, 15) is 22.3 Å². The molecule has 3 atom stereocenters. The van der Waals surface area contributed by atoms with Crippen LogP contribution in [-0.2, 0) is 40.5 Å². The van der Waals surface area contributed by atoms with Gasteiger partial charge in [-0.25, -0.2) is 0 Å². The van der Waals surface area contributed by atoms with Gasteiger partial charge in [0.25, 0.3) is 10.5 Å². The molecule has 1 fully saturated rings. The molecule has 5 aromatic rings. The number of rotatable bonds is 9. The predicted molar refractivity (Wildman–Crippen MR) is 169 cm³/mol. The summed E-state index contributed by atoms with van der Waals surface area (Å²) in [4.78, 5) is 25.7. The summed E-state index contributed by atoms with van der Waals surface area (Å²) >= 11 is 0. The maximum atomic E-state index is 13.8. The molecule has 0 bridgehead atoms. The molecule has 11 nitrogen and oxygen atoms in total. The van der Waals surface area contributed by atoms with E-state index in [0.717, 1.165) is 0 Å². The molecule has 1 aliphatic heterocycles. The third-order valence-corrected chi connectivity index (χ3v) is 10.7. The number of hydrogen-bond acceptors (Lipinski definition) is 9. The number of fused-ring (bicyclic) bond motifs is 2. The molecule has 3 aromatic carbocycles. The molecule has 2 aromatic heterocycles. The van der Waals surface area contributed by atoms with Crippen LogP contribution in [0.5, 0.6) is 5.75 Å². The van der Waals surface area contributed by atoms with Crippen molar-refractivity contribution >= 4 is 48.3 Å². The number of likely N-dealkylation sites (N-methyl/N-ethyl adjacent to an activating group) is 1. The largest absolute Gasteiger partial charge is 0.593 e. The van der Waals surface area contributed by atoms with Crippen LogP contribution in [-0.4, -0.2) is 74.0 Å². The SMILES string of the molecule is CN1CCN(C(=O)[C@H](Cc2ccc(O[S+](=O)([O-])c3cccc4cnccc34)cc2)N[S+](=O)([O-])c2cccc3cnccc23)CC1. The van der Waals surface area contributed by atoms with Crippen molar-refractivity contribution in [2.24, 2.45) is 0 Å². The maximum Gasteiger partial charge on any atom is 0.269 e. The number of carbonyl (C=O) groups excluding carboxylic acids is 1. The summed E-state index contributed by atoms with van der Waals surface area (Å²) in [7, 11) is -6.32. The van der Waals surface area contributed by atoms with Crippen LogP contribution in [0.1, 0.15) is 5.56 Å². The molecule has 232 valence electrons. The monoisotopic (exact) mass is 645 g/mol. The average molecular weight is 646 g/mol. The first kappa shape index (κ1) is 30.9. The number of pyridine rings is 2. The van der Waals surface area contributed by atoms with Crippen LogP contribution < -0.4 is 8.91 Å². The molecule has 0 spiro atoms. The zero-order valence-electron chi connectivity index (χ0n) is 24.4. The predicted octanol–water partition coefficient (Wildman–Crippen LogP) is 3.64. The molecule has 3 heterocycles. The summed E-state index contributed by atoms with van der Waals surface area (Å²) in [5, 5.41) is 2.31. The third-order valence-electron chi connectivity index (χ3n) is 7.82. The zero-order chi connectivity index (χ0) is 31.6. The molecule has 13 heteroatoms. The van der Waals surface area contributed by atoms with Gasteiger partial charge in [0.2, 0.25) is 10.8 Å². The van der Waals surface area contributed by atoms with Crippen molar-refractivity contribution < 1.29 is 26.5 Å². The van der Waals surface area contributed by atoms with Crippen LogP contribution in [0.15, 0.2) is 107 Å². The van der Waals surface area contributed by atoms with Crippen LogP contribution in [0.4, 0.5) is 0 Å². The highest BCUT2D eigenvalue weighted by Crippen LogP contribution is 2.30. The first-order valence-corrected chi connectivity index (χ1v) is 17.2. The maximum absolute atomic E-state index is 13.8. The van der Waals surface area contributed by atoms with Gasteiger partial charge in [-0.15, -0.1) is 4.72 Å². The van der Waals surface area contributed by atoms with Gasteiger partial charge < -0.3 is 18.9 Å². The molecular formula is C32H31N5O6S2. The van der Waals surface area contributed by atoms with E-state index in [0.29, 0.717) is 53.3 Å². The fraction of sp³-hybridized carbons (Fsp3) is 0.219. The summed E-state index contributed by atoms with van der Waals surface area (Å²) in [6.07, 6.45) is 6.24. The van der Waals surface area contributed by atoms with Crippen molar-refractivity contribution in [3.8, 4) is 5.75 Å². The molecular weight excluding hydrogens is 615 g/mol. The lowest BCUT2D eigenvalue weighted by atomic mass is 10.0. The topological polar surface area (TPSA) is 151 Å². The third kappa shape index (κ3) is 6.78. The van der Waals surface area contributed by atoms with Gasteiger partial charge in [0.05, 0.1) is 0 Å². The van der Waals surface area contributed by atoms with E-state index in [1.54, 1.807) is 65.8 Å². The lowest BCUT2D eigenvalue weighted by Gasteiger charge is -2.35. The number of aromatic nitrogens is 2. The van der Waals surface area contributed by atoms with Gasteiger partial charge in [-0.05, 0) is 49.0 Å². The van der Waals surface area contributed by atoms with Crippen LogP contribution in [0.2, 0.25) is 0 Å². The van der Waals surface area contributed by atoms with E-state index in [2.05, 4.69) is 19.6 Å². The van der Waals surface area contributed by atoms with Gasteiger partial charge in [0.15, 0.2) is 21.0 Å². The molecule has 45 heavy (non-hydrogen) atoms. The Kier molecular flexibility index (Phi) is 8.73. The minimum Gasteiger partial charge on any atom is -0.593 e. The molecule has 1 N–H and O–H groups in total. The standard InChI is InChI=1S/C32H31N5O6S2/c1-36-16-18-37(19-17-36)32(38)29(35-44(39,40)30-6-2-4-24-21-33-14-12-27(24)30)20-23-8-10-26(11-9-23)43-45(41,42)31-7-3-5-25-22-34-15-13-28(25)31/h2-15,21-22,29H,16-20H2,1H3,(H-2,35,39,40,41,42)/t29-/m0/s1. The smallest absolute Gasteiger partial charge is 0.269 e. The number of nitrogens with zero attached hydrogens (tertiary/aromatic N) is 4. The molecule has 1 saturated heterocycles. The number of hydrogen-bond donors (Lipinski definition) is 1. The van der Waals surface area contributed by atoms with E-state index in [1.165, 1.54) is 36.7 Å². The molecule has 1 amide bonds. The van der Waals surface area contributed by atoms with Gasteiger partial charge in [-0.3, -0.25) is 18.9 Å². The lowest BCUT2D eigenvalue weighted by Crippen LogP contribution is -2.55. The summed E-state index contributed by atoms with van der Waals surface area (Å²) in [5.74, 6) is -0.251. The highest BCUT2D eigenvalue weighted by atomic mass is 32.3. The van der Waals surface area contributed by atoms with E-state index < -0.39 is 26.9 Å². The molecule has 0 saturated carbocycles. The van der Waals surface area contributed by atoms with Crippen molar-refractivity contribution in [3.63, 3.8) is 0 Å². The average Bonchev–Trinajstić information content (AvgIpc) is 3.04. The first-order valence-electron chi connectivity index (χ1n) is 14.3. The Morgan fingerprint density at radius 3 is 2.04 bits per heavy atom. The number of sulfonamides is 1. The highest BCUT2D eigenvalue weighted by Gasteiger charge is 2.35. The Bertz CT molecular complexity index is 1940. The molecule has 0 radical (unpaired) electrons. The number of piperazine rings is 1. The Labute approximate surface area is 263 Å². The van der Waals surface area contributed by atoms with Crippen molar-refractivity contribution in [2.75, 3.05) is 33.2 Å². The van der Waals surface area contributed by atoms with Gasteiger partial charge in [0, 0.05) is 78.9 Å². The normalized spacial score (nSPS) is 17.4. The Hall–Kier alpha value is -4.11. The number of amides is 1. The number of benzene rings is 3. The molecule has 6 rings (SSSR count). The van der Waals surface area contributed by atoms with E-state index in [4.69, 9.17) is 4.18 Å². The summed E-state index contributed by atoms with van der Waals surface area (Å²) in [6, 6.07) is 18.1. The second-order valence-corrected chi connectivity index (χ2v) is 14.1. The van der Waals surface area contributed by atoms with Gasteiger partial charge in [-0.2, -0.15) is 0 Å².